The molecule has 2 aromatic heterocycles. The minimum absolute atomic E-state index is 0.152. The van der Waals surface area contributed by atoms with Gasteiger partial charge in [0.2, 0.25) is 5.95 Å². The lowest BCUT2D eigenvalue weighted by molar-refractivity contribution is -0.106. The van der Waals surface area contributed by atoms with E-state index in [1.54, 1.807) is 23.3 Å². The molecule has 13 heteroatoms. The molecule has 3 aromatic rings. The van der Waals surface area contributed by atoms with Crippen molar-refractivity contribution in [3.05, 3.63) is 34.6 Å². The summed E-state index contributed by atoms with van der Waals surface area (Å²) in [6.45, 7) is 1.16. The van der Waals surface area contributed by atoms with Gasteiger partial charge >= 0.3 is 6.09 Å². The number of anilines is 3. The van der Waals surface area contributed by atoms with Gasteiger partial charge in [-0.2, -0.15) is 9.97 Å². The van der Waals surface area contributed by atoms with Crippen LogP contribution in [0.1, 0.15) is 70.3 Å². The molecule has 0 bridgehead atoms. The maximum Gasteiger partial charge on any atom is 0.430 e. The Balaban J connectivity index is 1.11. The summed E-state index contributed by atoms with van der Waals surface area (Å²) in [5.74, 6) is 1.38. The number of amides is 1. The maximum atomic E-state index is 12.4. The number of carbonyl (C=O) groups excluding carboxylic acids is 1. The summed E-state index contributed by atoms with van der Waals surface area (Å²) < 4.78 is 2.24. The van der Waals surface area contributed by atoms with Crippen molar-refractivity contribution in [2.45, 2.75) is 88.4 Å². The third-order valence-electron chi connectivity index (χ3n) is 8.42. The molecule has 6 rings (SSSR count). The number of aromatic nitrogens is 4. The highest BCUT2D eigenvalue weighted by Gasteiger charge is 2.27. The Morgan fingerprint density at radius 3 is 2.41 bits per heavy atom. The zero-order valence-electron chi connectivity index (χ0n) is 23.0. The standard InChI is InChI=1S/C28H37Cl2N9O2/c29-17-5-10-23(22(30)15-17)35-28(40)41-38-13-11-20(12-14-38)33-25-24-26(39(16-32-24)21-3-1-2-4-21)37-27(36-25)34-19-8-6-18(31)7-9-19/h5,10,15-16,18-21H,1-4,6-9,11-14,31H2,(H,35,40)(H2,33,34,36,37). The molecule has 1 amide bonds. The van der Waals surface area contributed by atoms with E-state index >= 15 is 0 Å². The summed E-state index contributed by atoms with van der Waals surface area (Å²) in [6.07, 6.45) is 11.7. The number of nitrogens with zero attached hydrogens (tertiary/aromatic N) is 5. The van der Waals surface area contributed by atoms with E-state index < -0.39 is 6.09 Å². The quantitative estimate of drug-likeness (QED) is 0.258. The molecule has 11 nitrogen and oxygen atoms in total. The minimum Gasteiger partial charge on any atom is -0.365 e. The van der Waals surface area contributed by atoms with Gasteiger partial charge in [0, 0.05) is 42.3 Å². The van der Waals surface area contributed by atoms with Crippen molar-refractivity contribution in [1.29, 1.82) is 0 Å². The summed E-state index contributed by atoms with van der Waals surface area (Å²) in [6, 6.07) is 6.06. The second kappa shape index (κ2) is 12.6. The van der Waals surface area contributed by atoms with Crippen LogP contribution in [0.15, 0.2) is 24.5 Å². The van der Waals surface area contributed by atoms with Gasteiger partial charge in [0.05, 0.1) is 17.0 Å². The van der Waals surface area contributed by atoms with Crippen molar-refractivity contribution in [1.82, 2.24) is 24.6 Å². The van der Waals surface area contributed by atoms with E-state index in [0.29, 0.717) is 46.9 Å². The van der Waals surface area contributed by atoms with Gasteiger partial charge in [-0.1, -0.05) is 36.0 Å². The number of benzene rings is 1. The van der Waals surface area contributed by atoms with Gasteiger partial charge < -0.3 is 25.8 Å². The highest BCUT2D eigenvalue weighted by atomic mass is 35.5. The van der Waals surface area contributed by atoms with E-state index in [1.807, 2.05) is 6.33 Å². The molecule has 41 heavy (non-hydrogen) atoms. The molecule has 1 aliphatic heterocycles. The summed E-state index contributed by atoms with van der Waals surface area (Å²) in [7, 11) is 0. The number of halogens is 2. The first-order valence-corrected chi connectivity index (χ1v) is 15.4. The van der Waals surface area contributed by atoms with E-state index in [9.17, 15) is 4.79 Å². The van der Waals surface area contributed by atoms with Crippen molar-refractivity contribution in [3.8, 4) is 0 Å². The van der Waals surface area contributed by atoms with Crippen molar-refractivity contribution in [3.63, 3.8) is 0 Å². The first kappa shape index (κ1) is 28.3. The van der Waals surface area contributed by atoms with Gasteiger partial charge in [-0.25, -0.2) is 9.78 Å². The number of hydrogen-bond donors (Lipinski definition) is 4. The van der Waals surface area contributed by atoms with Gasteiger partial charge in [-0.3, -0.25) is 5.32 Å². The van der Waals surface area contributed by atoms with Crippen LogP contribution in [-0.2, 0) is 4.84 Å². The number of piperidine rings is 1. The number of imidazole rings is 1. The highest BCUT2D eigenvalue weighted by Crippen LogP contribution is 2.34. The molecule has 0 radical (unpaired) electrons. The molecule has 3 heterocycles. The predicted octanol–water partition coefficient (Wildman–Crippen LogP) is 5.97. The molecular formula is C28H37Cl2N9O2. The number of carbonyl (C=O) groups is 1. The molecule has 2 saturated carbocycles. The van der Waals surface area contributed by atoms with Crippen LogP contribution in [0.3, 0.4) is 0 Å². The topological polar surface area (TPSA) is 135 Å². The number of hydroxylamine groups is 2. The number of fused-ring (bicyclic) bond motifs is 1. The van der Waals surface area contributed by atoms with Crippen molar-refractivity contribution >= 4 is 57.9 Å². The number of rotatable bonds is 7. The molecule has 0 atom stereocenters. The van der Waals surface area contributed by atoms with Gasteiger partial charge in [0.25, 0.3) is 0 Å². The molecule has 2 aliphatic carbocycles. The van der Waals surface area contributed by atoms with E-state index in [-0.39, 0.29) is 12.1 Å². The lowest BCUT2D eigenvalue weighted by Gasteiger charge is -2.31. The molecule has 1 saturated heterocycles. The van der Waals surface area contributed by atoms with Crippen LogP contribution < -0.4 is 21.7 Å². The maximum absolute atomic E-state index is 12.4. The van der Waals surface area contributed by atoms with E-state index in [0.717, 1.165) is 68.3 Å². The minimum atomic E-state index is -0.588. The van der Waals surface area contributed by atoms with Gasteiger partial charge in [-0.05, 0) is 69.6 Å². The molecule has 3 fully saturated rings. The molecule has 5 N–H and O–H groups in total. The van der Waals surface area contributed by atoms with Gasteiger partial charge in [0.1, 0.15) is 0 Å². The molecule has 220 valence electrons. The third kappa shape index (κ3) is 6.80. The van der Waals surface area contributed by atoms with Crippen LogP contribution >= 0.6 is 23.2 Å². The highest BCUT2D eigenvalue weighted by molar-refractivity contribution is 6.36. The molecular weight excluding hydrogens is 565 g/mol. The Morgan fingerprint density at radius 2 is 1.68 bits per heavy atom. The Hall–Kier alpha value is -2.86. The fourth-order valence-corrected chi connectivity index (χ4v) is 6.56. The fraction of sp³-hybridized carbons (Fsp3) is 0.571. The molecule has 3 aliphatic rings. The van der Waals surface area contributed by atoms with Gasteiger partial charge in [-0.15, -0.1) is 5.06 Å². The summed E-state index contributed by atoms with van der Waals surface area (Å²) in [5, 5.41) is 12.4. The average molecular weight is 603 g/mol. The molecule has 0 spiro atoms. The van der Waals surface area contributed by atoms with Crippen LogP contribution in [0.2, 0.25) is 10.0 Å². The summed E-state index contributed by atoms with van der Waals surface area (Å²) in [5.41, 5.74) is 8.25. The van der Waals surface area contributed by atoms with E-state index in [2.05, 4.69) is 20.5 Å². The average Bonchev–Trinajstić information content (AvgIpc) is 3.63. The molecule has 1 aromatic carbocycles. The van der Waals surface area contributed by atoms with Gasteiger partial charge in [0.15, 0.2) is 17.0 Å². The van der Waals surface area contributed by atoms with Crippen LogP contribution in [0.5, 0.6) is 0 Å². The SMILES string of the molecule is NC1CCC(Nc2nc(NC3CCN(OC(=O)Nc4ccc(Cl)cc4Cl)CC3)c3ncn(C4CCCC4)c3n2)CC1. The first-order chi connectivity index (χ1) is 19.9. The monoisotopic (exact) mass is 601 g/mol. The van der Waals surface area contributed by atoms with Crippen LogP contribution in [-0.4, -0.2) is 61.9 Å². The Bertz CT molecular complexity index is 1360. The Morgan fingerprint density at radius 1 is 0.951 bits per heavy atom. The fourth-order valence-electron chi connectivity index (χ4n) is 6.10. The largest absolute Gasteiger partial charge is 0.430 e. The second-order valence-corrected chi connectivity index (χ2v) is 12.2. The van der Waals surface area contributed by atoms with Crippen LogP contribution in [0, 0.1) is 0 Å². The lowest BCUT2D eigenvalue weighted by atomic mass is 9.92. The smallest absolute Gasteiger partial charge is 0.365 e. The van der Waals surface area contributed by atoms with Crippen molar-refractivity contribution in [2.75, 3.05) is 29.0 Å². The van der Waals surface area contributed by atoms with Crippen molar-refractivity contribution < 1.29 is 9.63 Å². The third-order valence-corrected chi connectivity index (χ3v) is 8.97. The Kier molecular flexibility index (Phi) is 8.66. The first-order valence-electron chi connectivity index (χ1n) is 14.6. The number of nitrogens with one attached hydrogen (secondary N) is 3. The van der Waals surface area contributed by atoms with Crippen LogP contribution in [0.4, 0.5) is 22.2 Å². The van der Waals surface area contributed by atoms with E-state index in [4.69, 9.17) is 48.7 Å². The van der Waals surface area contributed by atoms with Crippen LogP contribution in [0.25, 0.3) is 11.2 Å². The zero-order chi connectivity index (χ0) is 28.3. The summed E-state index contributed by atoms with van der Waals surface area (Å²) in [4.78, 5) is 32.6. The normalized spacial score (nSPS) is 22.6. The zero-order valence-corrected chi connectivity index (χ0v) is 24.5. The number of nitrogens with two attached hydrogens (primary N) is 1. The second-order valence-electron chi connectivity index (χ2n) is 11.4. The predicted molar refractivity (Wildman–Crippen MR) is 161 cm³/mol. The van der Waals surface area contributed by atoms with E-state index in [1.165, 1.54) is 12.8 Å². The summed E-state index contributed by atoms with van der Waals surface area (Å²) >= 11 is 12.1. The van der Waals surface area contributed by atoms with Crippen molar-refractivity contribution in [2.24, 2.45) is 5.73 Å². The molecule has 0 unspecified atom stereocenters. The number of hydrogen-bond acceptors (Lipinski definition) is 9. The Labute approximate surface area is 249 Å². The lowest BCUT2D eigenvalue weighted by Crippen LogP contribution is -2.41.